The van der Waals surface area contributed by atoms with Gasteiger partial charge in [-0.05, 0) is 6.92 Å². The average Bonchev–Trinajstić information content (AvgIpc) is 2.30. The third-order valence-corrected chi connectivity index (χ3v) is 2.51. The molecule has 1 rings (SSSR count). The fourth-order valence-electron chi connectivity index (χ4n) is 1.23. The zero-order chi connectivity index (χ0) is 13.0. The van der Waals surface area contributed by atoms with E-state index in [1.165, 1.54) is 6.07 Å². The molecule has 0 saturated carbocycles. The lowest BCUT2D eigenvalue weighted by Crippen LogP contribution is -2.42. The number of hydrogen-bond donors (Lipinski definition) is 2. The summed E-state index contributed by atoms with van der Waals surface area (Å²) in [5.74, 6) is -0.659. The minimum atomic E-state index is -0.907. The van der Waals surface area contributed by atoms with Gasteiger partial charge in [0.2, 0.25) is 5.91 Å². The molecular weight excluding hydrogens is 222 g/mol. The number of anilines is 1. The highest BCUT2D eigenvalue weighted by Gasteiger charge is 2.12. The molecule has 0 bridgehead atoms. The van der Waals surface area contributed by atoms with Gasteiger partial charge in [0.05, 0.1) is 18.4 Å². The predicted molar refractivity (Wildman–Crippen MR) is 64.6 cm³/mol. The molecule has 0 aliphatic rings. The zero-order valence-electron chi connectivity index (χ0n) is 9.96. The van der Waals surface area contributed by atoms with Crippen LogP contribution in [0.5, 0.6) is 0 Å². The van der Waals surface area contributed by atoms with Crippen LogP contribution < -0.4 is 21.9 Å². The Hall–Kier alpha value is -1.89. The molecule has 1 unspecified atom stereocenters. The van der Waals surface area contributed by atoms with Crippen molar-refractivity contribution < 1.29 is 4.79 Å². The first-order chi connectivity index (χ1) is 7.95. The summed E-state index contributed by atoms with van der Waals surface area (Å²) >= 11 is 0. The van der Waals surface area contributed by atoms with E-state index in [0.29, 0.717) is 0 Å². The van der Waals surface area contributed by atoms with Crippen molar-refractivity contribution >= 4 is 11.6 Å². The monoisotopic (exact) mass is 239 g/mol. The molecule has 0 saturated heterocycles. The van der Waals surface area contributed by atoms with Crippen LogP contribution in [-0.4, -0.2) is 35.3 Å². The van der Waals surface area contributed by atoms with Crippen molar-refractivity contribution in [2.24, 2.45) is 11.5 Å². The van der Waals surface area contributed by atoms with Crippen molar-refractivity contribution in [3.63, 3.8) is 0 Å². The Morgan fingerprint density at radius 1 is 1.65 bits per heavy atom. The molecule has 17 heavy (non-hydrogen) atoms. The highest BCUT2D eigenvalue weighted by atomic mass is 16.1. The fourth-order valence-corrected chi connectivity index (χ4v) is 1.23. The Kier molecular flexibility index (Phi) is 4.22. The smallest absolute Gasteiger partial charge is 0.268 e. The topological polar surface area (TPSA) is 107 Å². The Morgan fingerprint density at radius 3 is 2.76 bits per heavy atom. The third-order valence-electron chi connectivity index (χ3n) is 2.51. The molecule has 1 aromatic heterocycles. The maximum atomic E-state index is 11.7. The number of nitrogens with two attached hydrogens (primary N) is 2. The fraction of sp³-hybridized carbons (Fsp3) is 0.500. The van der Waals surface area contributed by atoms with Crippen molar-refractivity contribution in [1.29, 1.82) is 0 Å². The molecule has 0 spiro atoms. The van der Waals surface area contributed by atoms with E-state index in [1.807, 2.05) is 18.9 Å². The van der Waals surface area contributed by atoms with Gasteiger partial charge < -0.3 is 16.4 Å². The molecule has 0 radical (unpaired) electrons. The van der Waals surface area contributed by atoms with Gasteiger partial charge in [-0.25, -0.2) is 4.68 Å². The minimum absolute atomic E-state index is 0.00964. The van der Waals surface area contributed by atoms with E-state index in [1.54, 1.807) is 6.20 Å². The van der Waals surface area contributed by atoms with Gasteiger partial charge in [-0.3, -0.25) is 9.59 Å². The summed E-state index contributed by atoms with van der Waals surface area (Å²) in [6, 6.07) is 0.541. The van der Waals surface area contributed by atoms with Crippen LogP contribution in [0.15, 0.2) is 17.1 Å². The van der Waals surface area contributed by atoms with Crippen molar-refractivity contribution in [1.82, 2.24) is 9.78 Å². The zero-order valence-corrected chi connectivity index (χ0v) is 9.96. The summed E-state index contributed by atoms with van der Waals surface area (Å²) in [5, 5.41) is 3.94. The van der Waals surface area contributed by atoms with Crippen LogP contribution >= 0.6 is 0 Å². The summed E-state index contributed by atoms with van der Waals surface area (Å²) in [4.78, 5) is 24.3. The number of aromatic nitrogens is 2. The lowest BCUT2D eigenvalue weighted by molar-refractivity contribution is -0.119. The van der Waals surface area contributed by atoms with Gasteiger partial charge in [-0.1, -0.05) is 0 Å². The number of carbonyl (C=O) groups excluding carboxylic acids is 1. The first-order valence-corrected chi connectivity index (χ1v) is 5.29. The molecule has 0 fully saturated rings. The van der Waals surface area contributed by atoms with Crippen molar-refractivity contribution in [3.05, 3.63) is 22.6 Å². The van der Waals surface area contributed by atoms with E-state index < -0.39 is 11.9 Å². The number of hydrogen-bond acceptors (Lipinski definition) is 5. The van der Waals surface area contributed by atoms with Gasteiger partial charge in [-0.15, -0.1) is 0 Å². The lowest BCUT2D eigenvalue weighted by atomic mass is 10.3. The number of nitrogens with zero attached hydrogens (tertiary/aromatic N) is 3. The molecule has 0 aliphatic heterocycles. The largest absolute Gasteiger partial charge is 0.373 e. The van der Waals surface area contributed by atoms with Crippen molar-refractivity contribution in [2.75, 3.05) is 18.5 Å². The summed E-state index contributed by atoms with van der Waals surface area (Å²) in [6.45, 7) is 2.73. The standard InChI is InChI=1S/C10H17N5O2/c1-3-14(2)7-4-9(16)15(13-5-7)6-8(11)10(12)17/h4-5,8H,3,6,11H2,1-2H3,(H2,12,17). The number of rotatable bonds is 5. The van der Waals surface area contributed by atoms with E-state index in [0.717, 1.165) is 16.9 Å². The van der Waals surface area contributed by atoms with E-state index in [2.05, 4.69) is 5.10 Å². The first-order valence-electron chi connectivity index (χ1n) is 5.29. The van der Waals surface area contributed by atoms with Crippen LogP contribution in [0.2, 0.25) is 0 Å². The molecule has 0 aromatic carbocycles. The second-order valence-corrected chi connectivity index (χ2v) is 3.76. The molecule has 1 aromatic rings. The van der Waals surface area contributed by atoms with Gasteiger partial charge in [-0.2, -0.15) is 5.10 Å². The summed E-state index contributed by atoms with van der Waals surface area (Å²) in [6.07, 6.45) is 1.55. The highest BCUT2D eigenvalue weighted by molar-refractivity contribution is 5.79. The summed E-state index contributed by atoms with van der Waals surface area (Å²) < 4.78 is 1.13. The summed E-state index contributed by atoms with van der Waals surface area (Å²) in [5.41, 5.74) is 10.9. The highest BCUT2D eigenvalue weighted by Crippen LogP contribution is 2.05. The van der Waals surface area contributed by atoms with E-state index in [9.17, 15) is 9.59 Å². The van der Waals surface area contributed by atoms with Gasteiger partial charge in [0.25, 0.3) is 5.56 Å². The molecule has 0 aliphatic carbocycles. The molecular formula is C10H17N5O2. The first kappa shape index (κ1) is 13.2. The van der Waals surface area contributed by atoms with Crippen LogP contribution in [0, 0.1) is 0 Å². The quantitative estimate of drug-likeness (QED) is 0.651. The third kappa shape index (κ3) is 3.28. The van der Waals surface area contributed by atoms with Crippen LogP contribution in [0.4, 0.5) is 5.69 Å². The van der Waals surface area contributed by atoms with Crippen LogP contribution in [0.25, 0.3) is 0 Å². The van der Waals surface area contributed by atoms with Crippen LogP contribution in [0.1, 0.15) is 6.92 Å². The van der Waals surface area contributed by atoms with Crippen molar-refractivity contribution in [3.8, 4) is 0 Å². The van der Waals surface area contributed by atoms with Gasteiger partial charge in [0.15, 0.2) is 0 Å². The van der Waals surface area contributed by atoms with Gasteiger partial charge >= 0.3 is 0 Å². The molecule has 94 valence electrons. The maximum absolute atomic E-state index is 11.7. The Labute approximate surface area is 99.0 Å². The van der Waals surface area contributed by atoms with E-state index >= 15 is 0 Å². The molecule has 4 N–H and O–H groups in total. The normalized spacial score (nSPS) is 12.2. The van der Waals surface area contributed by atoms with E-state index in [-0.39, 0.29) is 12.1 Å². The Morgan fingerprint density at radius 2 is 2.29 bits per heavy atom. The molecule has 1 amide bonds. The van der Waals surface area contributed by atoms with Gasteiger partial charge in [0.1, 0.15) is 6.04 Å². The second-order valence-electron chi connectivity index (χ2n) is 3.76. The van der Waals surface area contributed by atoms with Gasteiger partial charge in [0, 0.05) is 19.7 Å². The molecule has 1 atom stereocenters. The van der Waals surface area contributed by atoms with Crippen LogP contribution in [-0.2, 0) is 11.3 Å². The predicted octanol–water partition coefficient (Wildman–Crippen LogP) is -1.49. The SMILES string of the molecule is CCN(C)c1cnn(CC(N)C(N)=O)c(=O)c1. The second kappa shape index (κ2) is 5.44. The average molecular weight is 239 g/mol. The molecule has 1 heterocycles. The van der Waals surface area contributed by atoms with E-state index in [4.69, 9.17) is 11.5 Å². The summed E-state index contributed by atoms with van der Waals surface area (Å²) in [7, 11) is 1.86. The number of primary amides is 1. The Balaban J connectivity index is 2.91. The molecule has 7 heteroatoms. The Bertz CT molecular complexity index is 456. The van der Waals surface area contributed by atoms with Crippen LogP contribution in [0.3, 0.4) is 0 Å². The van der Waals surface area contributed by atoms with Crippen molar-refractivity contribution in [2.45, 2.75) is 19.5 Å². The maximum Gasteiger partial charge on any atom is 0.268 e. The number of carbonyl (C=O) groups is 1. The lowest BCUT2D eigenvalue weighted by Gasteiger charge is -2.16. The molecule has 7 nitrogen and oxygen atoms in total. The minimum Gasteiger partial charge on any atom is -0.373 e. The number of amides is 1.